The molecule has 0 saturated heterocycles. The van der Waals surface area contributed by atoms with Gasteiger partial charge in [-0.2, -0.15) is 5.10 Å². The van der Waals surface area contributed by atoms with Crippen LogP contribution in [-0.4, -0.2) is 20.3 Å². The molecule has 0 aliphatic rings. The molecule has 14 heavy (non-hydrogen) atoms. The van der Waals surface area contributed by atoms with Crippen LogP contribution in [0.1, 0.15) is 5.82 Å². The second-order valence-electron chi connectivity index (χ2n) is 2.89. The molecule has 5 heteroatoms. The van der Waals surface area contributed by atoms with Crippen LogP contribution < -0.4 is 5.73 Å². The Morgan fingerprint density at radius 2 is 2.00 bits per heavy atom. The summed E-state index contributed by atoms with van der Waals surface area (Å²) in [6.45, 7) is -0.137. The van der Waals surface area contributed by atoms with Gasteiger partial charge < -0.3 is 10.8 Å². The van der Waals surface area contributed by atoms with Gasteiger partial charge in [-0.05, 0) is 24.3 Å². The molecule has 72 valence electrons. The maximum Gasteiger partial charge on any atom is 0.181 e. The molecule has 1 aromatic carbocycles. The summed E-state index contributed by atoms with van der Waals surface area (Å²) in [5.41, 5.74) is 7.12. The number of nitrogen functional groups attached to an aromatic ring is 1. The Kier molecular flexibility index (Phi) is 2.16. The van der Waals surface area contributed by atoms with Crippen molar-refractivity contribution < 1.29 is 5.11 Å². The highest BCUT2D eigenvalue weighted by Crippen LogP contribution is 2.15. The summed E-state index contributed by atoms with van der Waals surface area (Å²) in [4.78, 5) is 4.07. The zero-order valence-electron chi connectivity index (χ0n) is 7.44. The van der Waals surface area contributed by atoms with Gasteiger partial charge in [0.2, 0.25) is 0 Å². The number of anilines is 1. The van der Waals surface area contributed by atoms with Crippen molar-refractivity contribution in [2.45, 2.75) is 6.61 Å². The zero-order chi connectivity index (χ0) is 9.97. The molecule has 4 N–H and O–H groups in total. The van der Waals surface area contributed by atoms with E-state index >= 15 is 0 Å². The summed E-state index contributed by atoms with van der Waals surface area (Å²) in [6, 6.07) is 7.23. The standard InChI is InChI=1S/C9H10N4O/c10-7-3-1-6(2-4-7)9-11-8(5-14)12-13-9/h1-4,14H,5,10H2,(H,11,12,13). The Labute approximate surface area is 80.6 Å². The lowest BCUT2D eigenvalue weighted by Gasteiger charge is -1.95. The molecule has 5 nitrogen and oxygen atoms in total. The molecule has 0 unspecified atom stereocenters. The van der Waals surface area contributed by atoms with E-state index in [9.17, 15) is 0 Å². The molecule has 0 aliphatic heterocycles. The molecule has 0 bridgehead atoms. The Hall–Kier alpha value is -1.88. The van der Waals surface area contributed by atoms with Crippen molar-refractivity contribution in [3.05, 3.63) is 30.1 Å². The number of aromatic nitrogens is 3. The van der Waals surface area contributed by atoms with E-state index < -0.39 is 0 Å². The molecule has 0 atom stereocenters. The Balaban J connectivity index is 2.34. The van der Waals surface area contributed by atoms with Gasteiger partial charge >= 0.3 is 0 Å². The van der Waals surface area contributed by atoms with Crippen LogP contribution in [0.25, 0.3) is 11.4 Å². The number of aromatic amines is 1. The Morgan fingerprint density at radius 3 is 2.57 bits per heavy atom. The van der Waals surface area contributed by atoms with Crippen molar-refractivity contribution >= 4 is 5.69 Å². The third-order valence-electron chi connectivity index (χ3n) is 1.85. The first kappa shape index (κ1) is 8.71. The normalized spacial score (nSPS) is 10.4. The van der Waals surface area contributed by atoms with E-state index in [1.165, 1.54) is 0 Å². The predicted molar refractivity (Wildman–Crippen MR) is 52.2 cm³/mol. The van der Waals surface area contributed by atoms with Crippen molar-refractivity contribution in [3.8, 4) is 11.4 Å². The highest BCUT2D eigenvalue weighted by molar-refractivity contribution is 5.58. The third kappa shape index (κ3) is 1.57. The van der Waals surface area contributed by atoms with E-state index in [4.69, 9.17) is 10.8 Å². The quantitative estimate of drug-likeness (QED) is 0.603. The Bertz CT molecular complexity index is 421. The van der Waals surface area contributed by atoms with E-state index in [1.54, 1.807) is 12.1 Å². The number of aliphatic hydroxyl groups excluding tert-OH is 1. The molecule has 0 spiro atoms. The van der Waals surface area contributed by atoms with Crippen molar-refractivity contribution in [3.63, 3.8) is 0 Å². The molecule has 2 rings (SSSR count). The van der Waals surface area contributed by atoms with Crippen molar-refractivity contribution in [2.24, 2.45) is 0 Å². The number of rotatable bonds is 2. The van der Waals surface area contributed by atoms with Gasteiger partial charge in [0.05, 0.1) is 0 Å². The molecule has 1 heterocycles. The number of nitrogens with zero attached hydrogens (tertiary/aromatic N) is 2. The lowest BCUT2D eigenvalue weighted by molar-refractivity contribution is 0.272. The van der Waals surface area contributed by atoms with Crippen LogP contribution in [0.15, 0.2) is 24.3 Å². The smallest absolute Gasteiger partial charge is 0.181 e. The van der Waals surface area contributed by atoms with E-state index in [0.29, 0.717) is 17.3 Å². The maximum absolute atomic E-state index is 8.79. The first-order valence-corrected chi connectivity index (χ1v) is 4.17. The summed E-state index contributed by atoms with van der Waals surface area (Å²) in [7, 11) is 0. The maximum atomic E-state index is 8.79. The molecule has 0 fully saturated rings. The minimum atomic E-state index is -0.137. The number of hydrogen-bond acceptors (Lipinski definition) is 4. The van der Waals surface area contributed by atoms with Gasteiger partial charge in [0, 0.05) is 11.3 Å². The SMILES string of the molecule is Nc1ccc(-c2n[nH]c(CO)n2)cc1. The average Bonchev–Trinajstić information content (AvgIpc) is 2.67. The number of aliphatic hydroxyl groups is 1. The average molecular weight is 190 g/mol. The van der Waals surface area contributed by atoms with Crippen LogP contribution in [0.2, 0.25) is 0 Å². The van der Waals surface area contributed by atoms with E-state index in [1.807, 2.05) is 12.1 Å². The molecule has 2 aromatic rings. The molecule has 0 radical (unpaired) electrons. The van der Waals surface area contributed by atoms with Gasteiger partial charge in [-0.15, -0.1) is 0 Å². The molecule has 0 saturated carbocycles. The lowest BCUT2D eigenvalue weighted by atomic mass is 10.2. The van der Waals surface area contributed by atoms with Gasteiger partial charge in [-0.3, -0.25) is 5.10 Å². The molecular formula is C9H10N4O. The van der Waals surface area contributed by atoms with Crippen LogP contribution in [0.5, 0.6) is 0 Å². The van der Waals surface area contributed by atoms with Gasteiger partial charge in [0.15, 0.2) is 11.6 Å². The predicted octanol–water partition coefficient (Wildman–Crippen LogP) is 0.546. The fraction of sp³-hybridized carbons (Fsp3) is 0.111. The number of hydrogen-bond donors (Lipinski definition) is 3. The van der Waals surface area contributed by atoms with Gasteiger partial charge in [-0.25, -0.2) is 4.98 Å². The minimum Gasteiger partial charge on any atom is -0.399 e. The van der Waals surface area contributed by atoms with E-state index in [0.717, 1.165) is 5.56 Å². The number of nitrogens with two attached hydrogens (primary N) is 1. The number of benzene rings is 1. The molecule has 0 aliphatic carbocycles. The lowest BCUT2D eigenvalue weighted by Crippen LogP contribution is -1.86. The summed E-state index contributed by atoms with van der Waals surface area (Å²) < 4.78 is 0. The highest BCUT2D eigenvalue weighted by atomic mass is 16.3. The minimum absolute atomic E-state index is 0.137. The van der Waals surface area contributed by atoms with E-state index in [2.05, 4.69) is 15.2 Å². The fourth-order valence-electron chi connectivity index (χ4n) is 1.13. The van der Waals surface area contributed by atoms with Crippen molar-refractivity contribution in [1.82, 2.24) is 15.2 Å². The van der Waals surface area contributed by atoms with Crippen molar-refractivity contribution in [2.75, 3.05) is 5.73 Å². The second kappa shape index (κ2) is 3.47. The molecular weight excluding hydrogens is 180 g/mol. The van der Waals surface area contributed by atoms with Gasteiger partial charge in [0.25, 0.3) is 0 Å². The molecule has 1 aromatic heterocycles. The topological polar surface area (TPSA) is 87.8 Å². The highest BCUT2D eigenvalue weighted by Gasteiger charge is 2.03. The van der Waals surface area contributed by atoms with Crippen LogP contribution in [0, 0.1) is 0 Å². The van der Waals surface area contributed by atoms with Crippen molar-refractivity contribution in [1.29, 1.82) is 0 Å². The third-order valence-corrected chi connectivity index (χ3v) is 1.85. The summed E-state index contributed by atoms with van der Waals surface area (Å²) >= 11 is 0. The first-order chi connectivity index (χ1) is 6.79. The van der Waals surface area contributed by atoms with E-state index in [-0.39, 0.29) is 6.61 Å². The summed E-state index contributed by atoms with van der Waals surface area (Å²) in [5, 5.41) is 15.4. The van der Waals surface area contributed by atoms with Crippen LogP contribution in [0.4, 0.5) is 5.69 Å². The first-order valence-electron chi connectivity index (χ1n) is 4.17. The van der Waals surface area contributed by atoms with Gasteiger partial charge in [0.1, 0.15) is 6.61 Å². The Morgan fingerprint density at radius 1 is 1.29 bits per heavy atom. The van der Waals surface area contributed by atoms with Crippen LogP contribution >= 0.6 is 0 Å². The van der Waals surface area contributed by atoms with Crippen LogP contribution in [-0.2, 0) is 6.61 Å². The monoisotopic (exact) mass is 190 g/mol. The zero-order valence-corrected chi connectivity index (χ0v) is 7.44. The fourth-order valence-corrected chi connectivity index (χ4v) is 1.13. The largest absolute Gasteiger partial charge is 0.399 e. The summed E-state index contributed by atoms with van der Waals surface area (Å²) in [6.07, 6.45) is 0. The molecule has 0 amide bonds. The number of nitrogens with one attached hydrogen (secondary N) is 1. The summed E-state index contributed by atoms with van der Waals surface area (Å²) in [5.74, 6) is 1.02. The van der Waals surface area contributed by atoms with Gasteiger partial charge in [-0.1, -0.05) is 0 Å². The second-order valence-corrected chi connectivity index (χ2v) is 2.89. The van der Waals surface area contributed by atoms with Crippen LogP contribution in [0.3, 0.4) is 0 Å². The number of H-pyrrole nitrogens is 1.